The van der Waals surface area contributed by atoms with Gasteiger partial charge in [-0.05, 0) is 36.4 Å². The van der Waals surface area contributed by atoms with Gasteiger partial charge in [0.05, 0.1) is 31.0 Å². The molecule has 3 amide bonds. The Balaban J connectivity index is 1.68. The van der Waals surface area contributed by atoms with Crippen LogP contribution in [-0.4, -0.2) is 23.8 Å². The Bertz CT molecular complexity index is 753. The molecule has 1 fully saturated rings. The fraction of sp³-hybridized carbons (Fsp3) is 0.235. The molecule has 1 atom stereocenters. The van der Waals surface area contributed by atoms with Crippen molar-refractivity contribution in [1.82, 2.24) is 5.32 Å². The van der Waals surface area contributed by atoms with Crippen LogP contribution in [0.3, 0.4) is 0 Å². The van der Waals surface area contributed by atoms with Crippen LogP contribution in [0.25, 0.3) is 0 Å². The van der Waals surface area contributed by atoms with Gasteiger partial charge in [0.15, 0.2) is 0 Å². The number of nitrogens with one attached hydrogen (secondary N) is 2. The molecule has 2 heterocycles. The predicted octanol–water partition coefficient (Wildman–Crippen LogP) is 1.66. The van der Waals surface area contributed by atoms with E-state index >= 15 is 0 Å². The summed E-state index contributed by atoms with van der Waals surface area (Å²) in [5.41, 5.74) is 1.10. The molecule has 3 rings (SSSR count). The van der Waals surface area contributed by atoms with Crippen molar-refractivity contribution in [3.05, 3.63) is 48.4 Å². The van der Waals surface area contributed by atoms with Crippen LogP contribution in [-0.2, 0) is 20.9 Å². The molecule has 1 aliphatic rings. The first-order chi connectivity index (χ1) is 11.5. The van der Waals surface area contributed by atoms with Crippen molar-refractivity contribution in [1.29, 1.82) is 0 Å². The minimum atomic E-state index is -0.572. The largest absolute Gasteiger partial charge is 0.468 e. The summed E-state index contributed by atoms with van der Waals surface area (Å²) in [6.07, 6.45) is 1.66. The first-order valence-electron chi connectivity index (χ1n) is 7.55. The van der Waals surface area contributed by atoms with Gasteiger partial charge in [0.25, 0.3) is 5.91 Å². The van der Waals surface area contributed by atoms with Crippen molar-refractivity contribution in [3.63, 3.8) is 0 Å². The summed E-state index contributed by atoms with van der Waals surface area (Å²) >= 11 is 0. The maximum atomic E-state index is 12.5. The number of anilines is 2. The van der Waals surface area contributed by atoms with Crippen molar-refractivity contribution < 1.29 is 18.8 Å². The molecule has 1 unspecified atom stereocenters. The third-order valence-electron chi connectivity index (χ3n) is 3.70. The molecule has 0 saturated carbocycles. The number of rotatable bonds is 5. The van der Waals surface area contributed by atoms with E-state index in [0.717, 1.165) is 4.90 Å². The summed E-state index contributed by atoms with van der Waals surface area (Å²) in [6.45, 7) is 1.79. The van der Waals surface area contributed by atoms with Gasteiger partial charge >= 0.3 is 0 Å². The van der Waals surface area contributed by atoms with E-state index in [4.69, 9.17) is 4.42 Å². The number of hydrogen-bond donors (Lipinski definition) is 2. The number of imide groups is 1. The molecular formula is C17H17N3O4. The second kappa shape index (κ2) is 6.67. The average molecular weight is 327 g/mol. The van der Waals surface area contributed by atoms with E-state index in [-0.39, 0.29) is 24.1 Å². The molecule has 1 aromatic carbocycles. The first kappa shape index (κ1) is 15.9. The number of nitrogens with zero attached hydrogens (tertiary/aromatic N) is 1. The molecule has 1 aliphatic heterocycles. The monoisotopic (exact) mass is 327 g/mol. The molecule has 1 saturated heterocycles. The third-order valence-corrected chi connectivity index (χ3v) is 3.70. The standard InChI is InChI=1S/C17H17N3O4/c1-11(21)19-12-4-6-13(7-5-12)20-16(22)9-15(17(20)23)18-10-14-3-2-8-24-14/h2-8,15,18H,9-10H2,1H3,(H,19,21). The van der Waals surface area contributed by atoms with Crippen molar-refractivity contribution in [2.45, 2.75) is 25.9 Å². The molecule has 0 aliphatic carbocycles. The van der Waals surface area contributed by atoms with Gasteiger partial charge in [0.1, 0.15) is 5.76 Å². The van der Waals surface area contributed by atoms with E-state index in [1.54, 1.807) is 42.7 Å². The van der Waals surface area contributed by atoms with Crippen molar-refractivity contribution >= 4 is 29.1 Å². The van der Waals surface area contributed by atoms with Gasteiger partial charge in [-0.25, -0.2) is 4.90 Å². The Hall–Kier alpha value is -2.93. The number of hydrogen-bond acceptors (Lipinski definition) is 5. The van der Waals surface area contributed by atoms with Crippen molar-refractivity contribution in [2.24, 2.45) is 0 Å². The summed E-state index contributed by atoms with van der Waals surface area (Å²) in [5, 5.41) is 5.68. The fourth-order valence-electron chi connectivity index (χ4n) is 2.60. The van der Waals surface area contributed by atoms with E-state index < -0.39 is 6.04 Å². The smallest absolute Gasteiger partial charge is 0.251 e. The lowest BCUT2D eigenvalue weighted by Crippen LogP contribution is -2.38. The Morgan fingerprint density at radius 3 is 2.62 bits per heavy atom. The van der Waals surface area contributed by atoms with Crippen molar-refractivity contribution in [2.75, 3.05) is 10.2 Å². The molecule has 0 bridgehead atoms. The topological polar surface area (TPSA) is 91.7 Å². The maximum absolute atomic E-state index is 12.5. The number of carbonyl (C=O) groups excluding carboxylic acids is 3. The highest BCUT2D eigenvalue weighted by Crippen LogP contribution is 2.24. The van der Waals surface area contributed by atoms with E-state index in [9.17, 15) is 14.4 Å². The SMILES string of the molecule is CC(=O)Nc1ccc(N2C(=O)CC(NCc3ccco3)C2=O)cc1. The fourth-order valence-corrected chi connectivity index (χ4v) is 2.60. The van der Waals surface area contributed by atoms with Crippen LogP contribution in [0.4, 0.5) is 11.4 Å². The molecule has 2 N–H and O–H groups in total. The van der Waals surface area contributed by atoms with Crippen LogP contribution in [0, 0.1) is 0 Å². The van der Waals surface area contributed by atoms with Crippen LogP contribution in [0.2, 0.25) is 0 Å². The summed E-state index contributed by atoms with van der Waals surface area (Å²) in [7, 11) is 0. The number of amides is 3. The lowest BCUT2D eigenvalue weighted by Gasteiger charge is -2.16. The second-order valence-corrected chi connectivity index (χ2v) is 5.51. The molecule has 0 spiro atoms. The Morgan fingerprint density at radius 2 is 2.00 bits per heavy atom. The minimum Gasteiger partial charge on any atom is -0.468 e. The van der Waals surface area contributed by atoms with Gasteiger partial charge in [-0.2, -0.15) is 0 Å². The summed E-state index contributed by atoms with van der Waals surface area (Å²) in [6, 6.07) is 9.57. The first-order valence-corrected chi connectivity index (χ1v) is 7.55. The third kappa shape index (κ3) is 3.36. The van der Waals surface area contributed by atoms with Gasteiger partial charge in [-0.1, -0.05) is 0 Å². The molecular weight excluding hydrogens is 310 g/mol. The Kier molecular flexibility index (Phi) is 4.43. The zero-order chi connectivity index (χ0) is 17.1. The molecule has 2 aromatic rings. The quantitative estimate of drug-likeness (QED) is 0.815. The normalized spacial score (nSPS) is 17.4. The van der Waals surface area contributed by atoms with E-state index in [0.29, 0.717) is 23.7 Å². The van der Waals surface area contributed by atoms with E-state index in [1.807, 2.05) is 0 Å². The van der Waals surface area contributed by atoms with Gasteiger partial charge in [0.2, 0.25) is 11.8 Å². The molecule has 24 heavy (non-hydrogen) atoms. The van der Waals surface area contributed by atoms with Crippen LogP contribution in [0.5, 0.6) is 0 Å². The lowest BCUT2D eigenvalue weighted by molar-refractivity contribution is -0.121. The zero-order valence-corrected chi connectivity index (χ0v) is 13.1. The highest BCUT2D eigenvalue weighted by molar-refractivity contribution is 6.22. The average Bonchev–Trinajstić information content (AvgIpc) is 3.14. The summed E-state index contributed by atoms with van der Waals surface area (Å²) in [4.78, 5) is 36.9. The van der Waals surface area contributed by atoms with Gasteiger partial charge in [-0.3, -0.25) is 19.7 Å². The van der Waals surface area contributed by atoms with Crippen LogP contribution >= 0.6 is 0 Å². The second-order valence-electron chi connectivity index (χ2n) is 5.51. The Morgan fingerprint density at radius 1 is 1.25 bits per heavy atom. The Labute approximate surface area is 138 Å². The van der Waals surface area contributed by atoms with Crippen LogP contribution < -0.4 is 15.5 Å². The summed E-state index contributed by atoms with van der Waals surface area (Å²) in [5.74, 6) is -0.0327. The van der Waals surface area contributed by atoms with Crippen molar-refractivity contribution in [3.8, 4) is 0 Å². The van der Waals surface area contributed by atoms with Gasteiger partial charge < -0.3 is 9.73 Å². The molecule has 7 heteroatoms. The minimum absolute atomic E-state index is 0.104. The predicted molar refractivity (Wildman–Crippen MR) is 87.2 cm³/mol. The molecule has 7 nitrogen and oxygen atoms in total. The number of benzene rings is 1. The highest BCUT2D eigenvalue weighted by atomic mass is 16.3. The van der Waals surface area contributed by atoms with Gasteiger partial charge in [-0.15, -0.1) is 0 Å². The van der Waals surface area contributed by atoms with Crippen LogP contribution in [0.1, 0.15) is 19.1 Å². The zero-order valence-electron chi connectivity index (χ0n) is 13.1. The lowest BCUT2D eigenvalue weighted by atomic mass is 10.2. The van der Waals surface area contributed by atoms with E-state index in [1.165, 1.54) is 6.92 Å². The molecule has 0 radical (unpaired) electrons. The van der Waals surface area contributed by atoms with Crippen LogP contribution in [0.15, 0.2) is 47.1 Å². The molecule has 124 valence electrons. The maximum Gasteiger partial charge on any atom is 0.251 e. The molecule has 1 aromatic heterocycles. The van der Waals surface area contributed by atoms with E-state index in [2.05, 4.69) is 10.6 Å². The number of carbonyl (C=O) groups is 3. The number of furan rings is 1. The highest BCUT2D eigenvalue weighted by Gasteiger charge is 2.39. The summed E-state index contributed by atoms with van der Waals surface area (Å²) < 4.78 is 5.20. The van der Waals surface area contributed by atoms with Gasteiger partial charge in [0, 0.05) is 12.6 Å².